The minimum absolute atomic E-state index is 0.0676. The Kier molecular flexibility index (Phi) is 25.8. The van der Waals surface area contributed by atoms with Crippen LogP contribution in [0.5, 0.6) is 17.2 Å². The predicted molar refractivity (Wildman–Crippen MR) is 345 cm³/mol. The number of carboxylic acid groups (broad SMARTS) is 1. The van der Waals surface area contributed by atoms with Gasteiger partial charge in [0.15, 0.2) is 18.1 Å². The molecule has 7 amide bonds. The van der Waals surface area contributed by atoms with Gasteiger partial charge in [0.1, 0.15) is 48.7 Å². The molecule has 2 bridgehead atoms. The van der Waals surface area contributed by atoms with Crippen LogP contribution in [0.4, 0.5) is 5.69 Å². The number of hydrogen-bond acceptors (Lipinski definition) is 16. The number of esters is 2. The number of fused-ring (bicyclic) bond motifs is 4. The number of ether oxygens (including phenoxy) is 5. The maximum Gasteiger partial charge on any atom is 0.341 e. The number of piperidine rings is 1. The van der Waals surface area contributed by atoms with Gasteiger partial charge in [0.05, 0.1) is 19.6 Å². The molecular weight excluding hydrogens is 1210 g/mol. The van der Waals surface area contributed by atoms with Crippen molar-refractivity contribution in [1.82, 2.24) is 30.2 Å². The van der Waals surface area contributed by atoms with Crippen molar-refractivity contribution < 1.29 is 81.5 Å². The Morgan fingerprint density at radius 3 is 2.10 bits per heavy atom. The third-order valence-corrected chi connectivity index (χ3v) is 16.9. The van der Waals surface area contributed by atoms with Crippen LogP contribution in [0.15, 0.2) is 109 Å². The van der Waals surface area contributed by atoms with Gasteiger partial charge in [0, 0.05) is 64.8 Å². The van der Waals surface area contributed by atoms with Crippen molar-refractivity contribution >= 4 is 70.7 Å². The van der Waals surface area contributed by atoms with E-state index in [1.165, 1.54) is 72.9 Å². The Hall–Kier alpha value is -9.61. The average molecular weight is 1300 g/mol. The Bertz CT molecular complexity index is 3410. The van der Waals surface area contributed by atoms with E-state index in [4.69, 9.17) is 23.7 Å². The number of carbonyl (C=O) groups is 11. The van der Waals surface area contributed by atoms with Crippen LogP contribution in [-0.2, 0) is 75.1 Å². The van der Waals surface area contributed by atoms with Crippen LogP contribution in [0.2, 0.25) is 0 Å². The second-order valence-corrected chi connectivity index (χ2v) is 24.9. The van der Waals surface area contributed by atoms with Gasteiger partial charge < -0.3 is 64.3 Å². The van der Waals surface area contributed by atoms with Crippen LogP contribution >= 0.6 is 0 Å². The van der Waals surface area contributed by atoms with Crippen molar-refractivity contribution in [3.05, 3.63) is 131 Å². The van der Waals surface area contributed by atoms with Crippen LogP contribution < -0.4 is 30.2 Å². The maximum atomic E-state index is 15.1. The van der Waals surface area contributed by atoms with Gasteiger partial charge in [0.25, 0.3) is 5.91 Å². The molecule has 3 aliphatic rings. The molecule has 4 N–H and O–H groups in total. The Balaban J connectivity index is 1.20. The highest BCUT2D eigenvalue weighted by atomic mass is 16.5. The highest BCUT2D eigenvalue weighted by Gasteiger charge is 2.44. The average Bonchev–Trinajstić information content (AvgIpc) is 1.31. The first-order valence-corrected chi connectivity index (χ1v) is 31.8. The van der Waals surface area contributed by atoms with E-state index in [9.17, 15) is 53.1 Å². The number of aryl methyl sites for hydroxylation is 1. The van der Waals surface area contributed by atoms with Gasteiger partial charge in [-0.15, -0.1) is 0 Å². The molecule has 94 heavy (non-hydrogen) atoms. The van der Waals surface area contributed by atoms with Gasteiger partial charge in [-0.2, -0.15) is 0 Å². The fourth-order valence-corrected chi connectivity index (χ4v) is 11.6. The summed E-state index contributed by atoms with van der Waals surface area (Å²) in [6.45, 7) is 5.98. The van der Waals surface area contributed by atoms with Crippen molar-refractivity contribution in [2.24, 2.45) is 11.3 Å². The fraction of sp³-hybridized carbons (Fsp3) is 0.471. The summed E-state index contributed by atoms with van der Waals surface area (Å²) in [5.74, 6) is -7.03. The maximum absolute atomic E-state index is 15.1. The molecule has 3 aliphatic heterocycles. The lowest BCUT2D eigenvalue weighted by Crippen LogP contribution is -2.58. The number of hydrogen-bond donors (Lipinski definition) is 4. The Morgan fingerprint density at radius 1 is 0.713 bits per heavy atom. The number of likely N-dealkylation sites (N-methyl/N-ethyl adjacent to an activating group) is 2. The monoisotopic (exact) mass is 1300 g/mol. The van der Waals surface area contributed by atoms with E-state index in [-0.39, 0.29) is 76.2 Å². The Morgan fingerprint density at radius 2 is 1.39 bits per heavy atom. The molecule has 2 saturated heterocycles. The topological polar surface area (TPSA) is 303 Å². The van der Waals surface area contributed by atoms with Gasteiger partial charge in [-0.05, 0) is 136 Å². The number of ketones is 1. The van der Waals surface area contributed by atoms with Crippen molar-refractivity contribution in [3.63, 3.8) is 0 Å². The lowest BCUT2D eigenvalue weighted by atomic mass is 9.87. The number of aliphatic carboxylic acids is 1. The number of anilines is 1. The van der Waals surface area contributed by atoms with Crippen LogP contribution in [0.25, 0.3) is 0 Å². The molecule has 24 nitrogen and oxygen atoms in total. The second-order valence-electron chi connectivity index (χ2n) is 24.9. The number of rotatable bonds is 13. The van der Waals surface area contributed by atoms with Gasteiger partial charge in [-0.1, -0.05) is 80.6 Å². The molecule has 6 atom stereocenters. The van der Waals surface area contributed by atoms with Crippen molar-refractivity contribution in [3.8, 4) is 17.2 Å². The van der Waals surface area contributed by atoms with E-state index in [0.717, 1.165) is 11.6 Å². The van der Waals surface area contributed by atoms with Crippen molar-refractivity contribution in [1.29, 1.82) is 0 Å². The number of cyclic esters (lactones) is 2. The smallest absolute Gasteiger partial charge is 0.341 e. The van der Waals surface area contributed by atoms with Crippen molar-refractivity contribution in [2.45, 2.75) is 141 Å². The number of methoxy groups -OCH3 is 2. The van der Waals surface area contributed by atoms with Crippen LogP contribution in [0.3, 0.4) is 0 Å². The number of Topliss-reactive ketones (excluding diaryl/α,β-unsaturated/α-hetero) is 1. The van der Waals surface area contributed by atoms with E-state index >= 15 is 4.79 Å². The summed E-state index contributed by atoms with van der Waals surface area (Å²) in [5.41, 5.74) is 0.916. The molecule has 0 radical (unpaired) electrons. The van der Waals surface area contributed by atoms with Crippen LogP contribution in [0, 0.1) is 11.3 Å². The fourth-order valence-electron chi connectivity index (χ4n) is 11.6. The number of carbonyl (C=O) groups excluding carboxylic acids is 10. The summed E-state index contributed by atoms with van der Waals surface area (Å²) < 4.78 is 28.2. The van der Waals surface area contributed by atoms with E-state index < -0.39 is 126 Å². The summed E-state index contributed by atoms with van der Waals surface area (Å²) in [4.78, 5) is 160. The van der Waals surface area contributed by atoms with Crippen LogP contribution in [0.1, 0.15) is 126 Å². The zero-order chi connectivity index (χ0) is 68.2. The third-order valence-electron chi connectivity index (χ3n) is 16.9. The van der Waals surface area contributed by atoms with Crippen LogP contribution in [-0.4, -0.2) is 175 Å². The number of carboxylic acids is 1. The zero-order valence-corrected chi connectivity index (χ0v) is 54.7. The third kappa shape index (κ3) is 19.7. The number of nitrogens with one attached hydrogen (secondary N) is 3. The normalized spacial score (nSPS) is 22.3. The lowest BCUT2D eigenvalue weighted by molar-refractivity contribution is -0.165. The number of benzene rings is 4. The second kappa shape index (κ2) is 33.8. The first-order chi connectivity index (χ1) is 44.9. The largest absolute Gasteiger partial charge is 0.493 e. The van der Waals surface area contributed by atoms with E-state index in [0.29, 0.717) is 59.6 Å². The van der Waals surface area contributed by atoms with E-state index in [1.807, 2.05) is 19.9 Å². The molecule has 7 rings (SSSR count). The summed E-state index contributed by atoms with van der Waals surface area (Å²) in [5, 5.41) is 17.7. The molecular formula is C70H87N7O17. The summed E-state index contributed by atoms with van der Waals surface area (Å²) in [6.07, 6.45) is 3.70. The first-order valence-electron chi connectivity index (χ1n) is 31.8. The van der Waals surface area contributed by atoms with Gasteiger partial charge in [-0.3, -0.25) is 38.4 Å². The van der Waals surface area contributed by atoms with Gasteiger partial charge in [-0.25, -0.2) is 14.4 Å². The molecule has 0 spiro atoms. The molecule has 2 fully saturated rings. The molecule has 4 aromatic rings. The SMILES string of the molecule is COc1ccc(CC[C@H]2OC(=O)[C@@H]3CCCCN3C(=O)C(=O)C(C)(C)COC(=O)C=CCCN(C)C(=O)[C@H](CC(C)C)N(C)C(=O)[C@H]3CCCN3C(=O)[C@H](Cc3ccc(OCC(=O)O)cc3)NC(=O)[C@H](c3ccccc3)NC(=O)CCC(=O)Nc3cccc2c3)cc1OC. The number of nitrogens with zero attached hydrogens (tertiary/aromatic N) is 4. The predicted octanol–water partition coefficient (Wildman–Crippen LogP) is 6.49. The van der Waals surface area contributed by atoms with E-state index in [1.54, 1.807) is 85.9 Å². The molecule has 0 aromatic heterocycles. The quantitative estimate of drug-likeness (QED) is 0.0821. The molecule has 3 heterocycles. The molecule has 0 saturated carbocycles. The summed E-state index contributed by atoms with van der Waals surface area (Å²) in [7, 11) is 6.11. The zero-order valence-electron chi connectivity index (χ0n) is 54.7. The lowest BCUT2D eigenvalue weighted by Gasteiger charge is -2.36. The van der Waals surface area contributed by atoms with Gasteiger partial charge >= 0.3 is 17.9 Å². The number of amides is 7. The summed E-state index contributed by atoms with van der Waals surface area (Å²) in [6, 6.07) is 20.6. The molecule has 24 heteroatoms. The highest BCUT2D eigenvalue weighted by molar-refractivity contribution is 6.38. The van der Waals surface area contributed by atoms with Gasteiger partial charge in [0.2, 0.25) is 41.2 Å². The molecule has 0 aliphatic carbocycles. The molecule has 504 valence electrons. The first kappa shape index (κ1) is 71.8. The summed E-state index contributed by atoms with van der Waals surface area (Å²) >= 11 is 0. The molecule has 4 aromatic carbocycles. The highest BCUT2D eigenvalue weighted by Crippen LogP contribution is 2.33. The minimum atomic E-state index is -1.53. The standard InChI is InChI=1S/C70H87N7O17/c1-44(2)38-54-66(86)74(5)35-14-13-24-61(82)93-43-70(3,4)63(83)68(88)77-36-15-12-22-53(77)69(89)94-55(31-27-46-28-32-56(90-7)57(40-46)91-8)48-20-16-21-49(41-48)71-58(78)33-34-59(79)73-62(47-18-10-9-11-19-47)64(84)72-51(39-45-25-29-50(30-26-45)92-42-60(80)81)65(85)76-37-17-23-52(76)67(87)75(54)6/h9-11,13,16,18-21,24-26,28-30,32,40-41,44,51-55,62H,12,14-15,17,22-23,27,31,33-39,42-43H2,1-8H3,(H,71,78)(H,72,84)(H,73,79)(H,80,81)/t51-,52+,53-,54-,55+,62-/m0/s1. The van der Waals surface area contributed by atoms with Crippen molar-refractivity contribution in [2.75, 3.05) is 66.5 Å². The Labute approximate surface area is 548 Å². The molecule has 0 unspecified atom stereocenters. The van der Waals surface area contributed by atoms with E-state index in [2.05, 4.69) is 16.0 Å². The minimum Gasteiger partial charge on any atom is -0.493 e.